The third-order valence-electron chi connectivity index (χ3n) is 4.47. The number of esters is 1. The number of nitro benzene ring substituents is 1. The third-order valence-corrected chi connectivity index (χ3v) is 4.47. The van der Waals surface area contributed by atoms with E-state index in [2.05, 4.69) is 5.32 Å². The molecule has 162 valence electrons. The molecule has 0 atom stereocenters. The first-order valence-corrected chi connectivity index (χ1v) is 9.76. The first-order valence-electron chi connectivity index (χ1n) is 9.76. The van der Waals surface area contributed by atoms with Crippen molar-refractivity contribution in [2.24, 2.45) is 0 Å². The Morgan fingerprint density at radius 3 is 2.74 bits per heavy atom. The zero-order chi connectivity index (χ0) is 22.2. The molecule has 1 heterocycles. The van der Waals surface area contributed by atoms with E-state index in [1.165, 1.54) is 24.3 Å². The summed E-state index contributed by atoms with van der Waals surface area (Å²) in [4.78, 5) is 34.8. The number of amides is 1. The maximum atomic E-state index is 12.3. The van der Waals surface area contributed by atoms with E-state index in [1.54, 1.807) is 24.3 Å². The number of nitrogens with one attached hydrogen (secondary N) is 1. The number of carbonyl (C=O) groups is 2. The lowest BCUT2D eigenvalue weighted by molar-refractivity contribution is -0.385. The van der Waals surface area contributed by atoms with Crippen LogP contribution in [-0.2, 0) is 20.9 Å². The van der Waals surface area contributed by atoms with Crippen LogP contribution < -0.4 is 10.1 Å². The predicted molar refractivity (Wildman–Crippen MR) is 113 cm³/mol. The molecular formula is C22H22N2O7. The minimum absolute atomic E-state index is 0.0328. The van der Waals surface area contributed by atoms with Gasteiger partial charge in [-0.3, -0.25) is 14.9 Å². The van der Waals surface area contributed by atoms with Crippen LogP contribution in [0.3, 0.4) is 0 Å². The van der Waals surface area contributed by atoms with E-state index in [0.29, 0.717) is 34.7 Å². The molecule has 0 aromatic heterocycles. The van der Waals surface area contributed by atoms with Gasteiger partial charge in [0.15, 0.2) is 6.79 Å². The van der Waals surface area contributed by atoms with Crippen LogP contribution in [0.4, 0.5) is 11.4 Å². The Bertz CT molecular complexity index is 1000. The fourth-order valence-corrected chi connectivity index (χ4v) is 2.89. The summed E-state index contributed by atoms with van der Waals surface area (Å²) in [5.41, 5.74) is 1.72. The number of ether oxygens (including phenoxy) is 3. The van der Waals surface area contributed by atoms with Gasteiger partial charge in [0, 0.05) is 35.0 Å². The predicted octanol–water partition coefficient (Wildman–Crippen LogP) is 4.07. The molecule has 1 amide bonds. The van der Waals surface area contributed by atoms with Crippen molar-refractivity contribution in [2.45, 2.75) is 26.4 Å². The first-order chi connectivity index (χ1) is 15.0. The number of carbonyl (C=O) groups excluding carboxylic acids is 2. The monoisotopic (exact) mass is 426 g/mol. The number of nitro groups is 1. The van der Waals surface area contributed by atoms with Gasteiger partial charge < -0.3 is 19.5 Å². The molecule has 2 aromatic rings. The minimum Gasteiger partial charge on any atom is -0.467 e. The molecule has 1 aliphatic heterocycles. The third kappa shape index (κ3) is 5.89. The van der Waals surface area contributed by atoms with E-state index in [0.717, 1.165) is 12.8 Å². The summed E-state index contributed by atoms with van der Waals surface area (Å²) < 4.78 is 15.7. The number of hydrogen-bond donors (Lipinski definition) is 1. The van der Waals surface area contributed by atoms with Gasteiger partial charge in [0.25, 0.3) is 5.69 Å². The molecule has 0 saturated heterocycles. The Kier molecular flexibility index (Phi) is 7.34. The lowest BCUT2D eigenvalue weighted by Gasteiger charge is -2.19. The molecule has 9 heteroatoms. The standard InChI is InChI=1S/C22H22N2O7/c1-2-3-10-30-22(26)15-4-7-18(8-5-15)23-20(25)9-6-16-11-19(24(27)28)12-17-13-29-14-31-21(16)17/h4-9,11-12H,2-3,10,13-14H2,1H3,(H,23,25)/b9-6+. The fourth-order valence-electron chi connectivity index (χ4n) is 2.89. The number of unbranched alkanes of at least 4 members (excludes halogenated alkanes) is 1. The van der Waals surface area contributed by atoms with E-state index in [1.807, 2.05) is 6.92 Å². The molecule has 0 saturated carbocycles. The van der Waals surface area contributed by atoms with Crippen molar-refractivity contribution in [1.29, 1.82) is 0 Å². The number of benzene rings is 2. The number of rotatable bonds is 8. The number of fused-ring (bicyclic) bond motifs is 1. The van der Waals surface area contributed by atoms with Crippen LogP contribution in [0.1, 0.15) is 41.3 Å². The van der Waals surface area contributed by atoms with Gasteiger partial charge in [-0.05, 0) is 36.8 Å². The highest BCUT2D eigenvalue weighted by Gasteiger charge is 2.19. The molecule has 0 fully saturated rings. The van der Waals surface area contributed by atoms with E-state index in [4.69, 9.17) is 14.2 Å². The van der Waals surface area contributed by atoms with E-state index >= 15 is 0 Å². The average molecular weight is 426 g/mol. The second kappa shape index (κ2) is 10.4. The molecule has 31 heavy (non-hydrogen) atoms. The Balaban J connectivity index is 1.66. The van der Waals surface area contributed by atoms with Crippen LogP contribution in [0.15, 0.2) is 42.5 Å². The van der Waals surface area contributed by atoms with Gasteiger partial charge in [0.1, 0.15) is 5.75 Å². The molecule has 2 aromatic carbocycles. The summed E-state index contributed by atoms with van der Waals surface area (Å²) >= 11 is 0. The Morgan fingerprint density at radius 1 is 1.26 bits per heavy atom. The zero-order valence-corrected chi connectivity index (χ0v) is 17.0. The maximum absolute atomic E-state index is 12.3. The van der Waals surface area contributed by atoms with Crippen molar-refractivity contribution >= 4 is 29.3 Å². The minimum atomic E-state index is -0.513. The molecule has 0 unspecified atom stereocenters. The van der Waals surface area contributed by atoms with Gasteiger partial charge in [-0.1, -0.05) is 13.3 Å². The van der Waals surface area contributed by atoms with Crippen LogP contribution >= 0.6 is 0 Å². The quantitative estimate of drug-likeness (QED) is 0.222. The molecule has 9 nitrogen and oxygen atoms in total. The van der Waals surface area contributed by atoms with Crippen LogP contribution in [0, 0.1) is 10.1 Å². The lowest BCUT2D eigenvalue weighted by Crippen LogP contribution is -2.13. The maximum Gasteiger partial charge on any atom is 0.338 e. The highest BCUT2D eigenvalue weighted by molar-refractivity contribution is 6.02. The SMILES string of the molecule is CCCCOC(=O)c1ccc(NC(=O)/C=C/c2cc([N+](=O)[O-])cc3c2OCOC3)cc1. The van der Waals surface area contributed by atoms with Crippen LogP contribution in [-0.4, -0.2) is 30.2 Å². The first kappa shape index (κ1) is 22.0. The highest BCUT2D eigenvalue weighted by Crippen LogP contribution is 2.33. The molecule has 3 rings (SSSR count). The number of nitrogens with zero attached hydrogens (tertiary/aromatic N) is 1. The van der Waals surface area contributed by atoms with Gasteiger partial charge in [-0.25, -0.2) is 4.79 Å². The van der Waals surface area contributed by atoms with Gasteiger partial charge in [0.2, 0.25) is 5.91 Å². The van der Waals surface area contributed by atoms with Crippen molar-refractivity contribution in [2.75, 3.05) is 18.7 Å². The van der Waals surface area contributed by atoms with Gasteiger partial charge in [-0.2, -0.15) is 0 Å². The normalized spacial score (nSPS) is 12.7. The molecule has 0 radical (unpaired) electrons. The summed E-state index contributed by atoms with van der Waals surface area (Å²) in [6.07, 6.45) is 4.44. The highest BCUT2D eigenvalue weighted by atomic mass is 16.7. The molecule has 0 spiro atoms. The number of hydrogen-bond acceptors (Lipinski definition) is 7. The van der Waals surface area contributed by atoms with Crippen LogP contribution in [0.5, 0.6) is 5.75 Å². The summed E-state index contributed by atoms with van der Waals surface area (Å²) in [5.74, 6) is -0.400. The van der Waals surface area contributed by atoms with Crippen molar-refractivity contribution in [3.8, 4) is 5.75 Å². The Morgan fingerprint density at radius 2 is 2.03 bits per heavy atom. The Labute approximate surface area is 178 Å². The fraction of sp³-hybridized carbons (Fsp3) is 0.273. The topological polar surface area (TPSA) is 117 Å². The van der Waals surface area contributed by atoms with E-state index in [9.17, 15) is 19.7 Å². The molecule has 1 aliphatic rings. The van der Waals surface area contributed by atoms with Crippen molar-refractivity contribution in [1.82, 2.24) is 0 Å². The van der Waals surface area contributed by atoms with Gasteiger partial charge in [-0.15, -0.1) is 0 Å². The number of anilines is 1. The number of non-ortho nitro benzene ring substituents is 1. The Hall–Kier alpha value is -3.72. The van der Waals surface area contributed by atoms with Crippen molar-refractivity contribution in [3.63, 3.8) is 0 Å². The zero-order valence-electron chi connectivity index (χ0n) is 17.0. The molecular weight excluding hydrogens is 404 g/mol. The second-order valence-electron chi connectivity index (χ2n) is 6.78. The lowest BCUT2D eigenvalue weighted by atomic mass is 10.1. The van der Waals surface area contributed by atoms with E-state index in [-0.39, 0.29) is 19.1 Å². The summed E-state index contributed by atoms with van der Waals surface area (Å²) in [6, 6.07) is 9.06. The summed E-state index contributed by atoms with van der Waals surface area (Å²) in [7, 11) is 0. The smallest absolute Gasteiger partial charge is 0.338 e. The van der Waals surface area contributed by atoms with Gasteiger partial charge >= 0.3 is 5.97 Å². The molecule has 0 bridgehead atoms. The van der Waals surface area contributed by atoms with Gasteiger partial charge in [0.05, 0.1) is 23.7 Å². The van der Waals surface area contributed by atoms with Crippen LogP contribution in [0.25, 0.3) is 6.08 Å². The van der Waals surface area contributed by atoms with Crippen molar-refractivity contribution < 1.29 is 28.7 Å². The summed E-state index contributed by atoms with van der Waals surface area (Å²) in [5, 5.41) is 13.8. The van der Waals surface area contributed by atoms with Crippen molar-refractivity contribution in [3.05, 3.63) is 69.3 Å². The molecule has 1 N–H and O–H groups in total. The largest absolute Gasteiger partial charge is 0.467 e. The van der Waals surface area contributed by atoms with Crippen LogP contribution in [0.2, 0.25) is 0 Å². The average Bonchev–Trinajstić information content (AvgIpc) is 2.77. The summed E-state index contributed by atoms with van der Waals surface area (Å²) in [6.45, 7) is 2.60. The molecule has 0 aliphatic carbocycles. The van der Waals surface area contributed by atoms with E-state index < -0.39 is 16.8 Å². The second-order valence-corrected chi connectivity index (χ2v) is 6.78.